The molecule has 3 aromatic rings. The van der Waals surface area contributed by atoms with Crippen LogP contribution in [0.2, 0.25) is 0 Å². The molecule has 6 heteroatoms. The predicted molar refractivity (Wildman–Crippen MR) is 94.3 cm³/mol. The average molecular weight is 338 g/mol. The number of ether oxygens (including phenoxy) is 3. The molecule has 6 nitrogen and oxygen atoms in total. The van der Waals surface area contributed by atoms with E-state index in [1.807, 2.05) is 18.2 Å². The van der Waals surface area contributed by atoms with Gasteiger partial charge in [-0.25, -0.2) is 0 Å². The quantitative estimate of drug-likeness (QED) is 0.747. The third-order valence-electron chi connectivity index (χ3n) is 3.74. The van der Waals surface area contributed by atoms with Crippen LogP contribution in [0.5, 0.6) is 23.0 Å². The second kappa shape index (κ2) is 7.09. The number of carbonyl (C=O) groups excluding carboxylic acids is 1. The number of hydrogen-bond acceptors (Lipinski definition) is 5. The maximum atomic E-state index is 11.0. The van der Waals surface area contributed by atoms with Gasteiger partial charge >= 0.3 is 0 Å². The van der Waals surface area contributed by atoms with Crippen molar-refractivity contribution in [3.63, 3.8) is 0 Å². The molecule has 0 bridgehead atoms. The number of benzene rings is 2. The molecular formula is C19H18N2O4. The maximum Gasteiger partial charge on any atom is 0.221 e. The van der Waals surface area contributed by atoms with Crippen molar-refractivity contribution in [1.29, 1.82) is 0 Å². The van der Waals surface area contributed by atoms with Gasteiger partial charge in [0.05, 0.1) is 26.2 Å². The lowest BCUT2D eigenvalue weighted by atomic mass is 10.1. The molecule has 0 unspecified atom stereocenters. The number of primary amides is 1. The number of hydrogen-bond donors (Lipinski definition) is 1. The standard InChI is InChI=1S/C19H18N2O4/c1-23-17-10-14-15(11-18(17)24-2)21-8-7-16(14)25-13-5-3-12(4-6-13)9-19(20)22/h3-8,10-11H,9H2,1-2H3,(H2,20,22). The smallest absolute Gasteiger partial charge is 0.221 e. The molecule has 3 rings (SSSR count). The van der Waals surface area contributed by atoms with Gasteiger partial charge in [-0.2, -0.15) is 0 Å². The van der Waals surface area contributed by atoms with E-state index < -0.39 is 0 Å². The van der Waals surface area contributed by atoms with E-state index in [1.165, 1.54) is 0 Å². The Morgan fingerprint density at radius 2 is 1.68 bits per heavy atom. The van der Waals surface area contributed by atoms with Crippen LogP contribution in [0.3, 0.4) is 0 Å². The molecule has 0 aliphatic rings. The number of aromatic nitrogens is 1. The first kappa shape index (κ1) is 16.6. The molecule has 0 atom stereocenters. The molecule has 0 radical (unpaired) electrons. The van der Waals surface area contributed by atoms with E-state index in [2.05, 4.69) is 4.98 Å². The van der Waals surface area contributed by atoms with Crippen LogP contribution in [0.25, 0.3) is 10.9 Å². The Balaban J connectivity index is 1.94. The molecule has 0 saturated carbocycles. The second-order valence-electron chi connectivity index (χ2n) is 5.42. The van der Waals surface area contributed by atoms with E-state index in [1.54, 1.807) is 44.7 Å². The van der Waals surface area contributed by atoms with E-state index >= 15 is 0 Å². The van der Waals surface area contributed by atoms with Crippen molar-refractivity contribution >= 4 is 16.8 Å². The largest absolute Gasteiger partial charge is 0.493 e. The lowest BCUT2D eigenvalue weighted by Gasteiger charge is -2.12. The highest BCUT2D eigenvalue weighted by molar-refractivity contribution is 5.88. The van der Waals surface area contributed by atoms with Crippen molar-refractivity contribution in [1.82, 2.24) is 4.98 Å². The van der Waals surface area contributed by atoms with Crippen LogP contribution >= 0.6 is 0 Å². The molecular weight excluding hydrogens is 320 g/mol. The Bertz CT molecular complexity index is 907. The molecule has 0 aliphatic carbocycles. The number of nitrogens with zero attached hydrogens (tertiary/aromatic N) is 1. The van der Waals surface area contributed by atoms with E-state index in [0.29, 0.717) is 23.0 Å². The molecule has 0 aliphatic heterocycles. The second-order valence-corrected chi connectivity index (χ2v) is 5.42. The van der Waals surface area contributed by atoms with Crippen LogP contribution in [0.1, 0.15) is 5.56 Å². The van der Waals surface area contributed by atoms with Crippen LogP contribution < -0.4 is 19.9 Å². The topological polar surface area (TPSA) is 83.7 Å². The van der Waals surface area contributed by atoms with Crippen molar-refractivity contribution in [3.05, 3.63) is 54.2 Å². The molecule has 2 N–H and O–H groups in total. The normalized spacial score (nSPS) is 10.5. The summed E-state index contributed by atoms with van der Waals surface area (Å²) in [5, 5.41) is 0.807. The van der Waals surface area contributed by atoms with Gasteiger partial charge in [0.1, 0.15) is 11.5 Å². The number of methoxy groups -OCH3 is 2. The third kappa shape index (κ3) is 3.63. The van der Waals surface area contributed by atoms with Crippen molar-refractivity contribution in [3.8, 4) is 23.0 Å². The van der Waals surface area contributed by atoms with E-state index in [-0.39, 0.29) is 12.3 Å². The Kier molecular flexibility index (Phi) is 4.70. The molecule has 1 amide bonds. The lowest BCUT2D eigenvalue weighted by Crippen LogP contribution is -2.13. The summed E-state index contributed by atoms with van der Waals surface area (Å²) >= 11 is 0. The lowest BCUT2D eigenvalue weighted by molar-refractivity contribution is -0.117. The molecule has 1 aromatic heterocycles. The highest BCUT2D eigenvalue weighted by Gasteiger charge is 2.11. The minimum atomic E-state index is -0.366. The van der Waals surface area contributed by atoms with Gasteiger partial charge in [0.2, 0.25) is 5.91 Å². The number of nitrogens with two attached hydrogens (primary N) is 1. The van der Waals surface area contributed by atoms with Crippen molar-refractivity contribution in [2.45, 2.75) is 6.42 Å². The Labute approximate surface area is 145 Å². The first-order chi connectivity index (χ1) is 12.1. The van der Waals surface area contributed by atoms with E-state index in [9.17, 15) is 4.79 Å². The summed E-state index contributed by atoms with van der Waals surface area (Å²) in [4.78, 5) is 15.3. The zero-order valence-electron chi connectivity index (χ0n) is 14.0. The van der Waals surface area contributed by atoms with Crippen LogP contribution in [0.4, 0.5) is 0 Å². The molecule has 2 aromatic carbocycles. The van der Waals surface area contributed by atoms with Gasteiger partial charge in [-0.05, 0) is 29.8 Å². The van der Waals surface area contributed by atoms with Gasteiger partial charge in [0.15, 0.2) is 11.5 Å². The van der Waals surface area contributed by atoms with Crippen LogP contribution in [0.15, 0.2) is 48.7 Å². The SMILES string of the molecule is COc1cc2nccc(Oc3ccc(CC(N)=O)cc3)c2cc1OC. The summed E-state index contributed by atoms with van der Waals surface area (Å²) in [6.07, 6.45) is 1.88. The summed E-state index contributed by atoms with van der Waals surface area (Å²) in [5.74, 6) is 2.14. The average Bonchev–Trinajstić information content (AvgIpc) is 2.62. The summed E-state index contributed by atoms with van der Waals surface area (Å²) < 4.78 is 16.6. The van der Waals surface area contributed by atoms with Crippen LogP contribution in [0, 0.1) is 0 Å². The van der Waals surface area contributed by atoms with Crippen molar-refractivity contribution in [2.24, 2.45) is 5.73 Å². The fourth-order valence-corrected chi connectivity index (χ4v) is 2.54. The summed E-state index contributed by atoms with van der Waals surface area (Å²) in [5.41, 5.74) is 6.78. The highest BCUT2D eigenvalue weighted by Crippen LogP contribution is 2.36. The van der Waals surface area contributed by atoms with Gasteiger partial charge in [-0.3, -0.25) is 9.78 Å². The fraction of sp³-hybridized carbons (Fsp3) is 0.158. The van der Waals surface area contributed by atoms with Gasteiger partial charge < -0.3 is 19.9 Å². The van der Waals surface area contributed by atoms with Crippen LogP contribution in [-0.2, 0) is 11.2 Å². The Hall–Kier alpha value is -3.28. The number of fused-ring (bicyclic) bond motifs is 1. The van der Waals surface area contributed by atoms with Gasteiger partial charge in [-0.15, -0.1) is 0 Å². The first-order valence-corrected chi connectivity index (χ1v) is 7.66. The van der Waals surface area contributed by atoms with Gasteiger partial charge in [0.25, 0.3) is 0 Å². The zero-order chi connectivity index (χ0) is 17.8. The summed E-state index contributed by atoms with van der Waals surface area (Å²) in [6.45, 7) is 0. The number of rotatable bonds is 6. The molecule has 0 spiro atoms. The molecule has 128 valence electrons. The third-order valence-corrected chi connectivity index (χ3v) is 3.74. The summed E-state index contributed by atoms with van der Waals surface area (Å²) in [6, 6.07) is 12.6. The monoisotopic (exact) mass is 338 g/mol. The Morgan fingerprint density at radius 3 is 2.32 bits per heavy atom. The minimum Gasteiger partial charge on any atom is -0.493 e. The molecule has 0 saturated heterocycles. The number of amides is 1. The number of carbonyl (C=O) groups is 1. The molecule has 0 fully saturated rings. The fourth-order valence-electron chi connectivity index (χ4n) is 2.54. The molecule has 25 heavy (non-hydrogen) atoms. The van der Waals surface area contributed by atoms with E-state index in [0.717, 1.165) is 16.5 Å². The zero-order valence-corrected chi connectivity index (χ0v) is 14.0. The van der Waals surface area contributed by atoms with Crippen LogP contribution in [-0.4, -0.2) is 25.1 Å². The Morgan fingerprint density at radius 1 is 1.00 bits per heavy atom. The first-order valence-electron chi connectivity index (χ1n) is 7.66. The molecule has 1 heterocycles. The minimum absolute atomic E-state index is 0.204. The van der Waals surface area contributed by atoms with Crippen molar-refractivity contribution < 1.29 is 19.0 Å². The highest BCUT2D eigenvalue weighted by atomic mass is 16.5. The number of pyridine rings is 1. The predicted octanol–water partition coefficient (Wildman–Crippen LogP) is 3.07. The summed E-state index contributed by atoms with van der Waals surface area (Å²) in [7, 11) is 3.16. The van der Waals surface area contributed by atoms with Gasteiger partial charge in [0, 0.05) is 17.6 Å². The van der Waals surface area contributed by atoms with Crippen molar-refractivity contribution in [2.75, 3.05) is 14.2 Å². The maximum absolute atomic E-state index is 11.0. The van der Waals surface area contributed by atoms with E-state index in [4.69, 9.17) is 19.9 Å². The van der Waals surface area contributed by atoms with Gasteiger partial charge in [-0.1, -0.05) is 12.1 Å².